The van der Waals surface area contributed by atoms with E-state index in [2.05, 4.69) is 16.9 Å². The minimum absolute atomic E-state index is 0.565. The summed E-state index contributed by atoms with van der Waals surface area (Å²) >= 11 is 0. The van der Waals surface area contributed by atoms with E-state index in [1.54, 1.807) is 0 Å². The van der Waals surface area contributed by atoms with Gasteiger partial charge in [0.1, 0.15) is 5.82 Å². The molecule has 15 heavy (non-hydrogen) atoms. The van der Waals surface area contributed by atoms with Crippen molar-refractivity contribution in [2.75, 3.05) is 32.5 Å². The number of likely N-dealkylation sites (N-methyl/N-ethyl adjacent to an activating group) is 1. The van der Waals surface area contributed by atoms with Crippen molar-refractivity contribution < 1.29 is 4.74 Å². The monoisotopic (exact) mass is 209 g/mol. The molecule has 0 saturated heterocycles. The van der Waals surface area contributed by atoms with Crippen LogP contribution in [0.3, 0.4) is 0 Å². The Labute approximate surface area is 91.1 Å². The van der Waals surface area contributed by atoms with Gasteiger partial charge in [-0.3, -0.25) is 4.90 Å². The van der Waals surface area contributed by atoms with E-state index in [-0.39, 0.29) is 0 Å². The van der Waals surface area contributed by atoms with E-state index in [1.807, 2.05) is 25.3 Å². The lowest BCUT2D eigenvalue weighted by molar-refractivity contribution is 0.120. The van der Waals surface area contributed by atoms with Gasteiger partial charge in [-0.05, 0) is 25.6 Å². The van der Waals surface area contributed by atoms with Gasteiger partial charge in [-0.1, -0.05) is 6.07 Å². The highest BCUT2D eigenvalue weighted by atomic mass is 16.5. The van der Waals surface area contributed by atoms with Crippen LogP contribution in [0.4, 0.5) is 5.82 Å². The van der Waals surface area contributed by atoms with Crippen LogP contribution >= 0.6 is 0 Å². The average Bonchev–Trinajstić information content (AvgIpc) is 2.22. The fourth-order valence-corrected chi connectivity index (χ4v) is 1.28. The fourth-order valence-electron chi connectivity index (χ4n) is 1.28. The van der Waals surface area contributed by atoms with Gasteiger partial charge in [0, 0.05) is 25.9 Å². The Morgan fingerprint density at radius 2 is 2.27 bits per heavy atom. The van der Waals surface area contributed by atoms with Crippen LogP contribution in [0.25, 0.3) is 0 Å². The summed E-state index contributed by atoms with van der Waals surface area (Å²) in [7, 11) is 2.06. The van der Waals surface area contributed by atoms with Crippen LogP contribution in [0.1, 0.15) is 12.5 Å². The van der Waals surface area contributed by atoms with Crippen LogP contribution in [0.2, 0.25) is 0 Å². The number of nitrogen functional groups attached to an aromatic ring is 1. The molecule has 0 radical (unpaired) electrons. The molecule has 84 valence electrons. The van der Waals surface area contributed by atoms with Crippen molar-refractivity contribution in [3.05, 3.63) is 23.9 Å². The molecule has 4 nitrogen and oxygen atoms in total. The molecule has 0 aliphatic rings. The van der Waals surface area contributed by atoms with Crippen molar-refractivity contribution in [3.8, 4) is 0 Å². The summed E-state index contributed by atoms with van der Waals surface area (Å²) in [6.07, 6.45) is 1.81. The summed E-state index contributed by atoms with van der Waals surface area (Å²) in [5.74, 6) is 0.565. The molecule has 1 aromatic rings. The minimum Gasteiger partial charge on any atom is -0.384 e. The lowest BCUT2D eigenvalue weighted by atomic mass is 10.2. The second-order valence-corrected chi connectivity index (χ2v) is 3.53. The van der Waals surface area contributed by atoms with Crippen LogP contribution in [-0.4, -0.2) is 36.7 Å². The van der Waals surface area contributed by atoms with Crippen molar-refractivity contribution in [3.63, 3.8) is 0 Å². The lowest BCUT2D eigenvalue weighted by Crippen LogP contribution is -2.22. The Bertz CT molecular complexity index is 274. The quantitative estimate of drug-likeness (QED) is 0.714. The molecule has 1 rings (SSSR count). The molecule has 0 fully saturated rings. The van der Waals surface area contributed by atoms with Gasteiger partial charge in [-0.15, -0.1) is 0 Å². The second-order valence-electron chi connectivity index (χ2n) is 3.53. The number of pyridine rings is 1. The number of aromatic nitrogens is 1. The third-order valence-electron chi connectivity index (χ3n) is 2.12. The van der Waals surface area contributed by atoms with E-state index in [0.717, 1.165) is 26.3 Å². The first-order valence-electron chi connectivity index (χ1n) is 5.19. The maximum atomic E-state index is 5.51. The highest BCUT2D eigenvalue weighted by Gasteiger charge is 2.00. The average molecular weight is 209 g/mol. The third kappa shape index (κ3) is 4.76. The number of anilines is 1. The summed E-state index contributed by atoms with van der Waals surface area (Å²) in [5, 5.41) is 0. The summed E-state index contributed by atoms with van der Waals surface area (Å²) in [5.41, 5.74) is 6.68. The van der Waals surface area contributed by atoms with E-state index < -0.39 is 0 Å². The van der Waals surface area contributed by atoms with E-state index in [9.17, 15) is 0 Å². The molecule has 1 heterocycles. The number of hydrogen-bond acceptors (Lipinski definition) is 4. The van der Waals surface area contributed by atoms with Gasteiger partial charge < -0.3 is 10.5 Å². The zero-order valence-electron chi connectivity index (χ0n) is 9.44. The van der Waals surface area contributed by atoms with E-state index >= 15 is 0 Å². The molecule has 0 aliphatic carbocycles. The molecular formula is C11H19N3O. The number of rotatable bonds is 6. The molecule has 0 atom stereocenters. The number of hydrogen-bond donors (Lipinski definition) is 1. The molecular weight excluding hydrogens is 190 g/mol. The van der Waals surface area contributed by atoms with E-state index in [4.69, 9.17) is 10.5 Å². The molecule has 0 amide bonds. The zero-order valence-corrected chi connectivity index (χ0v) is 9.44. The first kappa shape index (κ1) is 11.9. The Hall–Kier alpha value is -1.13. The Balaban J connectivity index is 2.31. The van der Waals surface area contributed by atoms with Crippen LogP contribution in [0, 0.1) is 0 Å². The molecule has 0 aromatic carbocycles. The van der Waals surface area contributed by atoms with Crippen LogP contribution in [0.15, 0.2) is 18.3 Å². The van der Waals surface area contributed by atoms with Gasteiger partial charge in [0.05, 0.1) is 6.61 Å². The topological polar surface area (TPSA) is 51.4 Å². The first-order valence-corrected chi connectivity index (χ1v) is 5.19. The van der Waals surface area contributed by atoms with Crippen molar-refractivity contribution in [1.82, 2.24) is 9.88 Å². The van der Waals surface area contributed by atoms with Gasteiger partial charge >= 0.3 is 0 Å². The molecule has 0 bridgehead atoms. The van der Waals surface area contributed by atoms with Crippen molar-refractivity contribution in [2.24, 2.45) is 0 Å². The molecule has 2 N–H and O–H groups in total. The first-order chi connectivity index (χ1) is 7.22. The third-order valence-corrected chi connectivity index (χ3v) is 2.12. The minimum atomic E-state index is 0.565. The number of nitrogens with two attached hydrogens (primary N) is 1. The highest BCUT2D eigenvalue weighted by Crippen LogP contribution is 2.03. The van der Waals surface area contributed by atoms with Gasteiger partial charge in [0.2, 0.25) is 0 Å². The zero-order chi connectivity index (χ0) is 11.1. The molecule has 0 aliphatic heterocycles. The van der Waals surface area contributed by atoms with Crippen LogP contribution < -0.4 is 5.73 Å². The molecule has 1 aromatic heterocycles. The smallest absolute Gasteiger partial charge is 0.123 e. The standard InChI is InChI=1S/C11H19N3O/c1-3-15-7-6-14(2)9-10-4-5-11(12)13-8-10/h4-5,8H,3,6-7,9H2,1-2H3,(H2,12,13). The molecule has 0 unspecified atom stereocenters. The largest absolute Gasteiger partial charge is 0.384 e. The van der Waals surface area contributed by atoms with Gasteiger partial charge in [0.15, 0.2) is 0 Å². The fraction of sp³-hybridized carbons (Fsp3) is 0.545. The summed E-state index contributed by atoms with van der Waals surface area (Å²) in [6, 6.07) is 3.82. The summed E-state index contributed by atoms with van der Waals surface area (Å²) < 4.78 is 5.28. The normalized spacial score (nSPS) is 10.9. The molecule has 4 heteroatoms. The number of nitrogens with zero attached hydrogens (tertiary/aromatic N) is 2. The predicted molar refractivity (Wildman–Crippen MR) is 61.5 cm³/mol. The summed E-state index contributed by atoms with van der Waals surface area (Å²) in [4.78, 5) is 6.25. The van der Waals surface area contributed by atoms with Gasteiger partial charge in [-0.25, -0.2) is 4.98 Å². The maximum Gasteiger partial charge on any atom is 0.123 e. The van der Waals surface area contributed by atoms with E-state index in [0.29, 0.717) is 5.82 Å². The summed E-state index contributed by atoms with van der Waals surface area (Å²) in [6.45, 7) is 5.36. The Morgan fingerprint density at radius 3 is 2.87 bits per heavy atom. The van der Waals surface area contributed by atoms with E-state index in [1.165, 1.54) is 5.56 Å². The predicted octanol–water partition coefficient (Wildman–Crippen LogP) is 1.13. The van der Waals surface area contributed by atoms with Gasteiger partial charge in [0.25, 0.3) is 0 Å². The molecule has 0 saturated carbocycles. The van der Waals surface area contributed by atoms with Crippen LogP contribution in [-0.2, 0) is 11.3 Å². The SMILES string of the molecule is CCOCCN(C)Cc1ccc(N)nc1. The maximum absolute atomic E-state index is 5.51. The Kier molecular flexibility index (Phi) is 5.07. The van der Waals surface area contributed by atoms with Crippen LogP contribution in [0.5, 0.6) is 0 Å². The number of ether oxygens (including phenoxy) is 1. The lowest BCUT2D eigenvalue weighted by Gasteiger charge is -2.16. The van der Waals surface area contributed by atoms with Crippen molar-refractivity contribution in [1.29, 1.82) is 0 Å². The van der Waals surface area contributed by atoms with Gasteiger partial charge in [-0.2, -0.15) is 0 Å². The highest BCUT2D eigenvalue weighted by molar-refractivity contribution is 5.29. The Morgan fingerprint density at radius 1 is 1.47 bits per heavy atom. The second kappa shape index (κ2) is 6.37. The van der Waals surface area contributed by atoms with Crippen molar-refractivity contribution >= 4 is 5.82 Å². The van der Waals surface area contributed by atoms with Crippen molar-refractivity contribution in [2.45, 2.75) is 13.5 Å². The molecule has 0 spiro atoms.